The van der Waals surface area contributed by atoms with Crippen molar-refractivity contribution in [3.63, 3.8) is 0 Å². The SMILES string of the molecule is CCC(CC)(CC)NCc1cc(C)ccc1C. The Kier molecular flexibility index (Phi) is 5.20. The van der Waals surface area contributed by atoms with Gasteiger partial charge in [-0.1, -0.05) is 44.5 Å². The molecule has 0 aliphatic carbocycles. The molecule has 1 nitrogen and oxygen atoms in total. The molecule has 17 heavy (non-hydrogen) atoms. The minimum atomic E-state index is 0.316. The first-order valence-electron chi connectivity index (χ1n) is 6.88. The molecule has 0 atom stereocenters. The highest BCUT2D eigenvalue weighted by Crippen LogP contribution is 2.21. The van der Waals surface area contributed by atoms with Crippen LogP contribution in [0.3, 0.4) is 0 Å². The summed E-state index contributed by atoms with van der Waals surface area (Å²) in [5.41, 5.74) is 4.49. The first-order valence-corrected chi connectivity index (χ1v) is 6.88. The molecule has 0 bridgehead atoms. The van der Waals surface area contributed by atoms with Gasteiger partial charge in [-0.3, -0.25) is 0 Å². The van der Waals surface area contributed by atoms with Crippen LogP contribution >= 0.6 is 0 Å². The molecule has 1 aromatic rings. The summed E-state index contributed by atoms with van der Waals surface area (Å²) < 4.78 is 0. The van der Waals surface area contributed by atoms with Crippen LogP contribution in [0.5, 0.6) is 0 Å². The van der Waals surface area contributed by atoms with Gasteiger partial charge in [0.05, 0.1) is 0 Å². The molecule has 0 heterocycles. The van der Waals surface area contributed by atoms with Crippen molar-refractivity contribution in [2.24, 2.45) is 0 Å². The van der Waals surface area contributed by atoms with E-state index in [0.717, 1.165) is 6.54 Å². The van der Waals surface area contributed by atoms with E-state index in [0.29, 0.717) is 5.54 Å². The van der Waals surface area contributed by atoms with Crippen LogP contribution in [0.25, 0.3) is 0 Å². The topological polar surface area (TPSA) is 12.0 Å². The van der Waals surface area contributed by atoms with Gasteiger partial charge in [-0.15, -0.1) is 0 Å². The van der Waals surface area contributed by atoms with Gasteiger partial charge in [-0.25, -0.2) is 0 Å². The first-order chi connectivity index (χ1) is 8.06. The lowest BCUT2D eigenvalue weighted by molar-refractivity contribution is 0.288. The van der Waals surface area contributed by atoms with Gasteiger partial charge in [0.1, 0.15) is 0 Å². The Bertz CT molecular complexity index is 342. The maximum absolute atomic E-state index is 3.77. The van der Waals surface area contributed by atoms with Crippen LogP contribution in [-0.4, -0.2) is 5.54 Å². The summed E-state index contributed by atoms with van der Waals surface area (Å²) >= 11 is 0. The lowest BCUT2D eigenvalue weighted by atomic mass is 9.89. The van der Waals surface area contributed by atoms with E-state index < -0.39 is 0 Å². The Hall–Kier alpha value is -0.820. The smallest absolute Gasteiger partial charge is 0.0213 e. The number of aryl methyl sites for hydroxylation is 2. The fraction of sp³-hybridized carbons (Fsp3) is 0.625. The van der Waals surface area contributed by atoms with E-state index in [-0.39, 0.29) is 0 Å². The largest absolute Gasteiger partial charge is 0.307 e. The van der Waals surface area contributed by atoms with Crippen LogP contribution in [0.4, 0.5) is 0 Å². The van der Waals surface area contributed by atoms with Crippen LogP contribution in [0.15, 0.2) is 18.2 Å². The van der Waals surface area contributed by atoms with E-state index in [9.17, 15) is 0 Å². The summed E-state index contributed by atoms with van der Waals surface area (Å²) in [5, 5.41) is 3.77. The second-order valence-corrected chi connectivity index (χ2v) is 5.12. The molecule has 1 rings (SSSR count). The maximum Gasteiger partial charge on any atom is 0.0213 e. The molecule has 1 aromatic carbocycles. The molecular weight excluding hydrogens is 206 g/mol. The molecule has 0 aliphatic heterocycles. The van der Waals surface area contributed by atoms with Crippen molar-refractivity contribution in [2.45, 2.75) is 66.0 Å². The molecule has 0 amide bonds. The predicted molar refractivity (Wildman–Crippen MR) is 76.4 cm³/mol. The van der Waals surface area contributed by atoms with Crippen molar-refractivity contribution >= 4 is 0 Å². The van der Waals surface area contributed by atoms with Crippen molar-refractivity contribution in [2.75, 3.05) is 0 Å². The molecule has 0 spiro atoms. The van der Waals surface area contributed by atoms with E-state index >= 15 is 0 Å². The van der Waals surface area contributed by atoms with E-state index in [2.05, 4.69) is 58.1 Å². The third kappa shape index (κ3) is 3.57. The molecule has 0 saturated carbocycles. The van der Waals surface area contributed by atoms with Crippen molar-refractivity contribution < 1.29 is 0 Å². The summed E-state index contributed by atoms with van der Waals surface area (Å²) in [6.07, 6.45) is 3.60. The standard InChI is InChI=1S/C16H27N/c1-6-16(7-2,8-3)17-12-15-11-13(4)9-10-14(15)5/h9-11,17H,6-8,12H2,1-5H3. The Morgan fingerprint density at radius 3 is 2.12 bits per heavy atom. The molecular formula is C16H27N. The van der Waals surface area contributed by atoms with E-state index in [4.69, 9.17) is 0 Å². The molecule has 0 unspecified atom stereocenters. The van der Waals surface area contributed by atoms with Crippen LogP contribution < -0.4 is 5.32 Å². The van der Waals surface area contributed by atoms with Gasteiger partial charge in [0.25, 0.3) is 0 Å². The zero-order valence-corrected chi connectivity index (χ0v) is 12.1. The van der Waals surface area contributed by atoms with Crippen LogP contribution in [0.1, 0.15) is 56.7 Å². The molecule has 0 saturated heterocycles. The highest BCUT2D eigenvalue weighted by Gasteiger charge is 2.22. The lowest BCUT2D eigenvalue weighted by Crippen LogP contribution is -2.43. The quantitative estimate of drug-likeness (QED) is 0.769. The van der Waals surface area contributed by atoms with Gasteiger partial charge in [0, 0.05) is 12.1 Å². The third-order valence-corrected chi connectivity index (χ3v) is 4.19. The fourth-order valence-electron chi connectivity index (χ4n) is 2.40. The van der Waals surface area contributed by atoms with E-state index in [1.807, 2.05) is 0 Å². The zero-order valence-electron chi connectivity index (χ0n) is 12.1. The molecule has 0 aromatic heterocycles. The number of nitrogens with one attached hydrogen (secondary N) is 1. The molecule has 1 heteroatoms. The second kappa shape index (κ2) is 6.20. The van der Waals surface area contributed by atoms with Crippen LogP contribution in [0.2, 0.25) is 0 Å². The predicted octanol–water partition coefficient (Wildman–Crippen LogP) is 4.36. The maximum atomic E-state index is 3.77. The molecule has 1 N–H and O–H groups in total. The number of rotatable bonds is 6. The Balaban J connectivity index is 2.75. The molecule has 0 radical (unpaired) electrons. The number of benzene rings is 1. The molecule has 0 fully saturated rings. The summed E-state index contributed by atoms with van der Waals surface area (Å²) in [5.74, 6) is 0. The third-order valence-electron chi connectivity index (χ3n) is 4.19. The van der Waals surface area contributed by atoms with Crippen molar-refractivity contribution in [1.29, 1.82) is 0 Å². The number of hydrogen-bond acceptors (Lipinski definition) is 1. The van der Waals surface area contributed by atoms with E-state index in [1.54, 1.807) is 0 Å². The average Bonchev–Trinajstić information content (AvgIpc) is 2.35. The minimum absolute atomic E-state index is 0.316. The highest BCUT2D eigenvalue weighted by atomic mass is 15.0. The lowest BCUT2D eigenvalue weighted by Gasteiger charge is -2.32. The van der Waals surface area contributed by atoms with Gasteiger partial charge in [-0.2, -0.15) is 0 Å². The van der Waals surface area contributed by atoms with Crippen molar-refractivity contribution in [3.8, 4) is 0 Å². The average molecular weight is 233 g/mol. The van der Waals surface area contributed by atoms with E-state index in [1.165, 1.54) is 36.0 Å². The molecule has 96 valence electrons. The highest BCUT2D eigenvalue weighted by molar-refractivity contribution is 5.30. The van der Waals surface area contributed by atoms with Crippen LogP contribution in [-0.2, 0) is 6.54 Å². The summed E-state index contributed by atoms with van der Waals surface area (Å²) in [6.45, 7) is 12.2. The summed E-state index contributed by atoms with van der Waals surface area (Å²) in [7, 11) is 0. The van der Waals surface area contributed by atoms with Crippen LogP contribution in [0, 0.1) is 13.8 Å². The summed E-state index contributed by atoms with van der Waals surface area (Å²) in [6, 6.07) is 6.71. The van der Waals surface area contributed by atoms with Crippen molar-refractivity contribution in [3.05, 3.63) is 34.9 Å². The number of hydrogen-bond donors (Lipinski definition) is 1. The van der Waals surface area contributed by atoms with Gasteiger partial charge in [-0.05, 0) is 44.2 Å². The normalized spacial score (nSPS) is 11.8. The van der Waals surface area contributed by atoms with Crippen molar-refractivity contribution in [1.82, 2.24) is 5.32 Å². The monoisotopic (exact) mass is 233 g/mol. The Morgan fingerprint density at radius 2 is 1.59 bits per heavy atom. The van der Waals surface area contributed by atoms with Gasteiger partial charge in [0.2, 0.25) is 0 Å². The Labute approximate surface area is 107 Å². The van der Waals surface area contributed by atoms with Gasteiger partial charge < -0.3 is 5.32 Å². The van der Waals surface area contributed by atoms with Gasteiger partial charge in [0.15, 0.2) is 0 Å². The first kappa shape index (κ1) is 14.2. The Morgan fingerprint density at radius 1 is 1.00 bits per heavy atom. The summed E-state index contributed by atoms with van der Waals surface area (Å²) in [4.78, 5) is 0. The molecule has 0 aliphatic rings. The fourth-order valence-corrected chi connectivity index (χ4v) is 2.40. The second-order valence-electron chi connectivity index (χ2n) is 5.12. The minimum Gasteiger partial charge on any atom is -0.307 e. The van der Waals surface area contributed by atoms with Gasteiger partial charge >= 0.3 is 0 Å². The zero-order chi connectivity index (χ0) is 12.9.